The molecule has 4 heteroatoms. The van der Waals surface area contributed by atoms with E-state index >= 15 is 0 Å². The fourth-order valence-electron chi connectivity index (χ4n) is 6.58. The third-order valence-corrected chi connectivity index (χ3v) is 8.71. The van der Waals surface area contributed by atoms with Crippen LogP contribution in [0.2, 0.25) is 0 Å². The Kier molecular flexibility index (Phi) is 6.10. The number of pyridine rings is 2. The van der Waals surface area contributed by atoms with Gasteiger partial charge in [-0.1, -0.05) is 103 Å². The van der Waals surface area contributed by atoms with Crippen molar-refractivity contribution in [2.75, 3.05) is 0 Å². The van der Waals surface area contributed by atoms with E-state index in [1.807, 2.05) is 36.5 Å². The smallest absolute Gasteiger partial charge is 0.138 e. The summed E-state index contributed by atoms with van der Waals surface area (Å²) in [4.78, 5) is 9.57. The summed E-state index contributed by atoms with van der Waals surface area (Å²) < 4.78 is 8.85. The van der Waals surface area contributed by atoms with Crippen molar-refractivity contribution in [3.05, 3.63) is 164 Å². The number of ether oxygens (including phenoxy) is 1. The zero-order chi connectivity index (χ0) is 30.5. The van der Waals surface area contributed by atoms with Crippen molar-refractivity contribution < 1.29 is 4.74 Å². The fourth-order valence-corrected chi connectivity index (χ4v) is 6.58. The molecule has 0 aliphatic carbocycles. The highest BCUT2D eigenvalue weighted by molar-refractivity contribution is 6.08. The van der Waals surface area contributed by atoms with Gasteiger partial charge in [-0.3, -0.25) is 4.98 Å². The van der Waals surface area contributed by atoms with Crippen LogP contribution in [-0.2, 0) is 0 Å². The molecule has 0 saturated heterocycles. The van der Waals surface area contributed by atoms with Crippen LogP contribution in [0, 0.1) is 0 Å². The number of hydrogen-bond donors (Lipinski definition) is 0. The molecular formula is C42H27N3O. The number of rotatable bonds is 4. The third-order valence-electron chi connectivity index (χ3n) is 8.71. The molecule has 0 atom stereocenters. The van der Waals surface area contributed by atoms with Crippen LogP contribution in [0.4, 0.5) is 0 Å². The van der Waals surface area contributed by atoms with E-state index in [9.17, 15) is 0 Å². The molecule has 9 rings (SSSR count). The Morgan fingerprint density at radius 3 is 1.87 bits per heavy atom. The highest BCUT2D eigenvalue weighted by Gasteiger charge is 2.28. The van der Waals surface area contributed by atoms with Crippen molar-refractivity contribution in [2.24, 2.45) is 0 Å². The van der Waals surface area contributed by atoms with Crippen LogP contribution >= 0.6 is 0 Å². The van der Waals surface area contributed by atoms with Crippen LogP contribution in [0.25, 0.3) is 72.6 Å². The molecule has 0 unspecified atom stereocenters. The van der Waals surface area contributed by atoms with Crippen molar-refractivity contribution in [3.8, 4) is 73.2 Å². The van der Waals surface area contributed by atoms with E-state index in [4.69, 9.17) is 9.72 Å². The van der Waals surface area contributed by atoms with Crippen LogP contribution < -0.4 is 4.74 Å². The standard InChI is InChI=1S/C42H27N3O/c1-3-11-29(12-4-1)36-25-31(26-37(44-36)30-13-5-2-6-14-30)28-19-21-32(22-20-28)45-38-17-9-7-15-33(38)41-35-27-43-24-23-40(35)46-39-18-10-8-16-34(39)42(41)45/h1-27H. The summed E-state index contributed by atoms with van der Waals surface area (Å²) in [5, 5.41) is 1.16. The van der Waals surface area contributed by atoms with E-state index in [2.05, 4.69) is 131 Å². The predicted molar refractivity (Wildman–Crippen MR) is 186 cm³/mol. The van der Waals surface area contributed by atoms with Gasteiger partial charge in [0.1, 0.15) is 11.5 Å². The molecule has 1 aliphatic rings. The summed E-state index contributed by atoms with van der Waals surface area (Å²) in [5.74, 6) is 1.63. The Bertz CT molecular complexity index is 2320. The molecular weight excluding hydrogens is 562 g/mol. The normalized spacial score (nSPS) is 11.7. The van der Waals surface area contributed by atoms with Crippen molar-refractivity contribution >= 4 is 10.9 Å². The largest absolute Gasteiger partial charge is 0.456 e. The van der Waals surface area contributed by atoms with Crippen molar-refractivity contribution in [3.63, 3.8) is 0 Å². The van der Waals surface area contributed by atoms with Gasteiger partial charge in [0, 0.05) is 51.3 Å². The summed E-state index contributed by atoms with van der Waals surface area (Å²) in [6.45, 7) is 0. The highest BCUT2D eigenvalue weighted by Crippen LogP contribution is 2.51. The lowest BCUT2D eigenvalue weighted by Crippen LogP contribution is -1.98. The van der Waals surface area contributed by atoms with Gasteiger partial charge in [-0.05, 0) is 59.7 Å². The molecule has 0 N–H and O–H groups in total. The van der Waals surface area contributed by atoms with Gasteiger partial charge in [-0.15, -0.1) is 0 Å². The van der Waals surface area contributed by atoms with Crippen molar-refractivity contribution in [1.82, 2.24) is 14.5 Å². The number of benzene rings is 5. The Labute approximate surface area is 266 Å². The second kappa shape index (κ2) is 10.7. The maximum atomic E-state index is 6.50. The summed E-state index contributed by atoms with van der Waals surface area (Å²) in [7, 11) is 0. The molecule has 0 amide bonds. The number of hydrogen-bond acceptors (Lipinski definition) is 3. The number of para-hydroxylation sites is 2. The van der Waals surface area contributed by atoms with Gasteiger partial charge in [0.05, 0.1) is 22.6 Å². The molecule has 0 saturated carbocycles. The second-order valence-corrected chi connectivity index (χ2v) is 11.5. The van der Waals surface area contributed by atoms with E-state index in [-0.39, 0.29) is 0 Å². The highest BCUT2D eigenvalue weighted by atomic mass is 16.5. The zero-order valence-electron chi connectivity index (χ0n) is 24.8. The molecule has 3 aromatic heterocycles. The van der Waals surface area contributed by atoms with Crippen LogP contribution in [0.5, 0.6) is 11.5 Å². The van der Waals surface area contributed by atoms with E-state index in [0.29, 0.717) is 0 Å². The van der Waals surface area contributed by atoms with Crippen LogP contribution in [0.1, 0.15) is 0 Å². The van der Waals surface area contributed by atoms with E-state index in [1.54, 1.807) is 6.20 Å². The molecule has 4 nitrogen and oxygen atoms in total. The Balaban J connectivity index is 1.24. The average Bonchev–Trinajstić information content (AvgIpc) is 3.40. The molecule has 0 spiro atoms. The van der Waals surface area contributed by atoms with Crippen molar-refractivity contribution in [2.45, 2.75) is 0 Å². The Morgan fingerprint density at radius 1 is 0.500 bits per heavy atom. The molecule has 0 fully saturated rings. The first-order valence-electron chi connectivity index (χ1n) is 15.4. The van der Waals surface area contributed by atoms with E-state index in [1.165, 1.54) is 0 Å². The van der Waals surface area contributed by atoms with Crippen LogP contribution in [-0.4, -0.2) is 14.5 Å². The van der Waals surface area contributed by atoms with Crippen molar-refractivity contribution in [1.29, 1.82) is 0 Å². The van der Waals surface area contributed by atoms with Gasteiger partial charge in [0.2, 0.25) is 0 Å². The molecule has 8 aromatic rings. The minimum absolute atomic E-state index is 0.806. The molecule has 4 heterocycles. The second-order valence-electron chi connectivity index (χ2n) is 11.5. The molecule has 0 radical (unpaired) electrons. The van der Waals surface area contributed by atoms with E-state index < -0.39 is 0 Å². The summed E-state index contributed by atoms with van der Waals surface area (Å²) in [6, 6.07) is 52.8. The monoisotopic (exact) mass is 589 g/mol. The van der Waals surface area contributed by atoms with Gasteiger partial charge in [0.15, 0.2) is 0 Å². The van der Waals surface area contributed by atoms with E-state index in [0.717, 1.165) is 84.1 Å². The molecule has 0 bridgehead atoms. The quantitative estimate of drug-likeness (QED) is 0.205. The average molecular weight is 590 g/mol. The third kappa shape index (κ3) is 4.31. The van der Waals surface area contributed by atoms with Gasteiger partial charge in [-0.2, -0.15) is 0 Å². The number of aromatic nitrogens is 3. The zero-order valence-corrected chi connectivity index (χ0v) is 24.8. The molecule has 1 aliphatic heterocycles. The lowest BCUT2D eigenvalue weighted by Gasteiger charge is -2.15. The van der Waals surface area contributed by atoms with Gasteiger partial charge >= 0.3 is 0 Å². The number of fused-ring (bicyclic) bond motifs is 7. The maximum absolute atomic E-state index is 6.50. The summed E-state index contributed by atoms with van der Waals surface area (Å²) in [5.41, 5.74) is 12.8. The SMILES string of the molecule is c1ccc(-c2cc(-c3ccc(-n4c5c(c6ccccc64)-c4cnccc4Oc4ccccc4-5)cc3)cc(-c3ccccc3)n2)cc1. The lowest BCUT2D eigenvalue weighted by atomic mass is 9.99. The fraction of sp³-hybridized carbons (Fsp3) is 0. The number of nitrogens with zero attached hydrogens (tertiary/aromatic N) is 3. The summed E-state index contributed by atoms with van der Waals surface area (Å²) in [6.07, 6.45) is 3.70. The predicted octanol–water partition coefficient (Wildman–Crippen LogP) is 10.9. The Morgan fingerprint density at radius 2 is 1.13 bits per heavy atom. The van der Waals surface area contributed by atoms with Gasteiger partial charge < -0.3 is 9.30 Å². The first-order valence-corrected chi connectivity index (χ1v) is 15.4. The van der Waals surface area contributed by atoms with Crippen LogP contribution in [0.15, 0.2) is 164 Å². The topological polar surface area (TPSA) is 39.9 Å². The first-order chi connectivity index (χ1) is 22.8. The minimum Gasteiger partial charge on any atom is -0.456 e. The molecule has 46 heavy (non-hydrogen) atoms. The molecule has 5 aromatic carbocycles. The van der Waals surface area contributed by atoms with Gasteiger partial charge in [0.25, 0.3) is 0 Å². The minimum atomic E-state index is 0.806. The Hall–Kier alpha value is -6.26. The van der Waals surface area contributed by atoms with Crippen LogP contribution in [0.3, 0.4) is 0 Å². The van der Waals surface area contributed by atoms with Gasteiger partial charge in [-0.25, -0.2) is 4.98 Å². The molecule has 216 valence electrons. The summed E-state index contributed by atoms with van der Waals surface area (Å²) >= 11 is 0. The lowest BCUT2D eigenvalue weighted by molar-refractivity contribution is 0.487. The maximum Gasteiger partial charge on any atom is 0.138 e. The first kappa shape index (κ1) is 26.2.